The lowest BCUT2D eigenvalue weighted by molar-refractivity contribution is 0.415. The van der Waals surface area contributed by atoms with Gasteiger partial charge in [0, 0.05) is 22.9 Å². The smallest absolute Gasteiger partial charge is 0.266 e. The topological polar surface area (TPSA) is 91.9 Å². The van der Waals surface area contributed by atoms with Gasteiger partial charge in [0.2, 0.25) is 0 Å². The number of aryl methyl sites for hydroxylation is 1. The van der Waals surface area contributed by atoms with Crippen LogP contribution in [0.2, 0.25) is 0 Å². The second-order valence-electron chi connectivity index (χ2n) is 4.97. The summed E-state index contributed by atoms with van der Waals surface area (Å²) in [6, 6.07) is 12.6. The number of methoxy groups -OCH3 is 1. The standard InChI is InChI=1S/C17H13N3O3/c1-10-14(7-12(9-18)17(21)19-10)16-8-15(20-23-16)11-3-5-13(22-2)6-4-11/h3-8H,1-2H3,(H,19,21). The van der Waals surface area contributed by atoms with Crippen molar-refractivity contribution in [3.63, 3.8) is 0 Å². The first-order valence-electron chi connectivity index (χ1n) is 6.88. The number of nitrogens with one attached hydrogen (secondary N) is 1. The Bertz CT molecular complexity index is 946. The van der Waals surface area contributed by atoms with Crippen LogP contribution in [0.5, 0.6) is 5.75 Å². The number of aromatic amines is 1. The van der Waals surface area contributed by atoms with Gasteiger partial charge in [-0.15, -0.1) is 0 Å². The molecule has 114 valence electrons. The van der Waals surface area contributed by atoms with Crippen LogP contribution in [0.25, 0.3) is 22.6 Å². The molecule has 6 nitrogen and oxygen atoms in total. The van der Waals surface area contributed by atoms with Gasteiger partial charge in [-0.2, -0.15) is 5.26 Å². The molecule has 0 amide bonds. The molecule has 0 spiro atoms. The van der Waals surface area contributed by atoms with Crippen LogP contribution in [0.3, 0.4) is 0 Å². The Hall–Kier alpha value is -3.33. The van der Waals surface area contributed by atoms with E-state index in [0.717, 1.165) is 11.3 Å². The summed E-state index contributed by atoms with van der Waals surface area (Å²) in [5.41, 5.74) is 2.41. The van der Waals surface area contributed by atoms with Crippen molar-refractivity contribution in [2.75, 3.05) is 7.11 Å². The van der Waals surface area contributed by atoms with Gasteiger partial charge in [0.05, 0.1) is 7.11 Å². The minimum absolute atomic E-state index is 0.0352. The SMILES string of the molecule is COc1ccc(-c2cc(-c3cc(C#N)c(=O)[nH]c3C)on2)cc1. The average Bonchev–Trinajstić information content (AvgIpc) is 3.05. The summed E-state index contributed by atoms with van der Waals surface area (Å²) in [4.78, 5) is 14.2. The van der Waals surface area contributed by atoms with E-state index in [0.29, 0.717) is 22.7 Å². The van der Waals surface area contributed by atoms with Crippen LogP contribution in [0.15, 0.2) is 45.7 Å². The van der Waals surface area contributed by atoms with E-state index in [1.165, 1.54) is 6.07 Å². The Morgan fingerprint density at radius 2 is 2.00 bits per heavy atom. The molecule has 23 heavy (non-hydrogen) atoms. The molecule has 0 atom stereocenters. The van der Waals surface area contributed by atoms with Crippen LogP contribution in [0.4, 0.5) is 0 Å². The van der Waals surface area contributed by atoms with Crippen LogP contribution >= 0.6 is 0 Å². The maximum atomic E-state index is 11.6. The molecule has 0 radical (unpaired) electrons. The molecule has 0 aliphatic rings. The zero-order valence-electron chi connectivity index (χ0n) is 12.6. The zero-order chi connectivity index (χ0) is 16.4. The number of rotatable bonds is 3. The van der Waals surface area contributed by atoms with Gasteiger partial charge in [-0.25, -0.2) is 0 Å². The Morgan fingerprint density at radius 1 is 1.26 bits per heavy atom. The highest BCUT2D eigenvalue weighted by Crippen LogP contribution is 2.28. The maximum absolute atomic E-state index is 11.6. The average molecular weight is 307 g/mol. The molecule has 3 aromatic rings. The molecule has 2 heterocycles. The highest BCUT2D eigenvalue weighted by Gasteiger charge is 2.13. The number of hydrogen-bond donors (Lipinski definition) is 1. The van der Waals surface area contributed by atoms with Crippen LogP contribution in [0, 0.1) is 18.3 Å². The molecule has 0 saturated carbocycles. The van der Waals surface area contributed by atoms with Gasteiger partial charge in [-0.05, 0) is 37.3 Å². The fourth-order valence-electron chi connectivity index (χ4n) is 2.26. The van der Waals surface area contributed by atoms with E-state index in [9.17, 15) is 4.79 Å². The molecule has 0 saturated heterocycles. The van der Waals surface area contributed by atoms with E-state index in [4.69, 9.17) is 14.5 Å². The largest absolute Gasteiger partial charge is 0.497 e. The van der Waals surface area contributed by atoms with Crippen molar-refractivity contribution >= 4 is 0 Å². The lowest BCUT2D eigenvalue weighted by Gasteiger charge is -2.01. The van der Waals surface area contributed by atoms with E-state index >= 15 is 0 Å². The molecule has 1 N–H and O–H groups in total. The quantitative estimate of drug-likeness (QED) is 0.803. The van der Waals surface area contributed by atoms with Crippen molar-refractivity contribution in [1.82, 2.24) is 10.1 Å². The number of hydrogen-bond acceptors (Lipinski definition) is 5. The molecule has 0 aliphatic carbocycles. The fraction of sp³-hybridized carbons (Fsp3) is 0.118. The highest BCUT2D eigenvalue weighted by molar-refractivity contribution is 5.69. The van der Waals surface area contributed by atoms with Gasteiger partial charge < -0.3 is 14.2 Å². The van der Waals surface area contributed by atoms with Crippen molar-refractivity contribution in [3.8, 4) is 34.4 Å². The zero-order valence-corrected chi connectivity index (χ0v) is 12.6. The van der Waals surface area contributed by atoms with E-state index in [-0.39, 0.29) is 5.56 Å². The number of nitriles is 1. The Morgan fingerprint density at radius 3 is 2.65 bits per heavy atom. The van der Waals surface area contributed by atoms with Gasteiger partial charge in [0.1, 0.15) is 23.1 Å². The predicted molar refractivity (Wildman–Crippen MR) is 84.0 cm³/mol. The third-order valence-corrected chi connectivity index (χ3v) is 3.52. The van der Waals surface area contributed by atoms with Crippen LogP contribution in [-0.4, -0.2) is 17.3 Å². The summed E-state index contributed by atoms with van der Waals surface area (Å²) < 4.78 is 10.5. The van der Waals surface area contributed by atoms with Crippen molar-refractivity contribution in [2.24, 2.45) is 0 Å². The molecule has 0 bridgehead atoms. The number of nitrogens with zero attached hydrogens (tertiary/aromatic N) is 2. The first kappa shape index (κ1) is 14.6. The second-order valence-corrected chi connectivity index (χ2v) is 4.97. The summed E-state index contributed by atoms with van der Waals surface area (Å²) in [6.45, 7) is 1.74. The molecule has 3 rings (SSSR count). The first-order valence-corrected chi connectivity index (χ1v) is 6.88. The molecule has 0 fully saturated rings. The number of aromatic nitrogens is 2. The lowest BCUT2D eigenvalue weighted by Crippen LogP contribution is -2.11. The number of benzene rings is 1. The third-order valence-electron chi connectivity index (χ3n) is 3.52. The van der Waals surface area contributed by atoms with E-state index in [1.54, 1.807) is 20.1 Å². The fourth-order valence-corrected chi connectivity index (χ4v) is 2.26. The molecule has 0 aliphatic heterocycles. The maximum Gasteiger partial charge on any atom is 0.266 e. The molecule has 6 heteroatoms. The summed E-state index contributed by atoms with van der Waals surface area (Å²) in [5, 5.41) is 13.0. The molecular formula is C17H13N3O3. The predicted octanol–water partition coefficient (Wildman–Crippen LogP) is 2.89. The number of ether oxygens (including phenoxy) is 1. The third kappa shape index (κ3) is 2.72. The molecular weight excluding hydrogens is 294 g/mol. The second kappa shape index (κ2) is 5.81. The van der Waals surface area contributed by atoms with E-state index in [1.807, 2.05) is 30.3 Å². The van der Waals surface area contributed by atoms with Crippen LogP contribution in [-0.2, 0) is 0 Å². The minimum Gasteiger partial charge on any atom is -0.497 e. The Labute approximate surface area is 131 Å². The number of pyridine rings is 1. The highest BCUT2D eigenvalue weighted by atomic mass is 16.5. The summed E-state index contributed by atoms with van der Waals surface area (Å²) in [5.74, 6) is 1.24. The van der Waals surface area contributed by atoms with Crippen molar-refractivity contribution in [3.05, 3.63) is 58.0 Å². The molecule has 0 unspecified atom stereocenters. The Balaban J connectivity index is 2.02. The van der Waals surface area contributed by atoms with Gasteiger partial charge in [-0.1, -0.05) is 5.16 Å². The van der Waals surface area contributed by atoms with Gasteiger partial charge >= 0.3 is 0 Å². The normalized spacial score (nSPS) is 10.3. The van der Waals surface area contributed by atoms with E-state index < -0.39 is 5.56 Å². The van der Waals surface area contributed by atoms with Crippen molar-refractivity contribution in [1.29, 1.82) is 5.26 Å². The summed E-state index contributed by atoms with van der Waals surface area (Å²) in [7, 11) is 1.61. The molecule has 2 aromatic heterocycles. The summed E-state index contributed by atoms with van der Waals surface area (Å²) in [6.07, 6.45) is 0. The number of H-pyrrole nitrogens is 1. The van der Waals surface area contributed by atoms with Gasteiger partial charge in [0.25, 0.3) is 5.56 Å². The Kier molecular flexibility index (Phi) is 3.69. The minimum atomic E-state index is -0.413. The summed E-state index contributed by atoms with van der Waals surface area (Å²) >= 11 is 0. The lowest BCUT2D eigenvalue weighted by atomic mass is 10.1. The van der Waals surface area contributed by atoms with Crippen LogP contribution in [0.1, 0.15) is 11.3 Å². The van der Waals surface area contributed by atoms with Crippen molar-refractivity contribution < 1.29 is 9.26 Å². The molecule has 1 aromatic carbocycles. The van der Waals surface area contributed by atoms with Crippen LogP contribution < -0.4 is 10.3 Å². The van der Waals surface area contributed by atoms with Crippen molar-refractivity contribution in [2.45, 2.75) is 6.92 Å². The first-order chi connectivity index (χ1) is 11.1. The van der Waals surface area contributed by atoms with E-state index in [2.05, 4.69) is 10.1 Å². The van der Waals surface area contributed by atoms with Gasteiger partial charge in [-0.3, -0.25) is 4.79 Å². The monoisotopic (exact) mass is 307 g/mol. The van der Waals surface area contributed by atoms with Gasteiger partial charge in [0.15, 0.2) is 5.76 Å².